The molecule has 20 heteroatoms. The summed E-state index contributed by atoms with van der Waals surface area (Å²) in [4.78, 5) is 0. The van der Waals surface area contributed by atoms with Crippen LogP contribution < -0.4 is 9.44 Å². The van der Waals surface area contributed by atoms with Gasteiger partial charge in [0.15, 0.2) is 0 Å². The monoisotopic (exact) mass is 1220 g/mol. The van der Waals surface area contributed by atoms with Gasteiger partial charge in [-0.2, -0.15) is 0 Å². The predicted molar refractivity (Wildman–Crippen MR) is 333 cm³/mol. The number of fused-ring (bicyclic) bond motifs is 12. The molecule has 6 unspecified atom stereocenters. The van der Waals surface area contributed by atoms with E-state index in [2.05, 4.69) is 141 Å². The van der Waals surface area contributed by atoms with Crippen molar-refractivity contribution < 1.29 is 53.3 Å². The molecular weight excluding hydrogens is 1140 g/mol. The fraction of sp³-hybridized carbons (Fsp3) is 0.438. The van der Waals surface area contributed by atoms with Gasteiger partial charge in [-0.1, -0.05) is 99.5 Å². The molecule has 0 bridgehead atoms. The van der Waals surface area contributed by atoms with Crippen LogP contribution in [0.3, 0.4) is 0 Å². The molecule has 0 fully saturated rings. The maximum absolute atomic E-state index is 12.7. The molecule has 6 aromatic carbocycles. The Morgan fingerprint density at radius 3 is 1.24 bits per heavy atom. The van der Waals surface area contributed by atoms with Crippen LogP contribution in [0.2, 0.25) is 0 Å². The number of ether oxygens (including phenoxy) is 4. The highest BCUT2D eigenvalue weighted by Gasteiger charge is 2.44. The van der Waals surface area contributed by atoms with Gasteiger partial charge < -0.3 is 18.9 Å². The fourth-order valence-corrected chi connectivity index (χ4v) is 14.8. The van der Waals surface area contributed by atoms with Crippen LogP contribution in [0.25, 0.3) is 55.6 Å². The number of rotatable bonds is 25. The Balaban J connectivity index is 1.06. The molecule has 6 atom stereocenters. The van der Waals surface area contributed by atoms with Crippen molar-refractivity contribution in [3.05, 3.63) is 153 Å². The van der Waals surface area contributed by atoms with Gasteiger partial charge in [0.2, 0.25) is 42.6 Å². The molecule has 0 aromatic heterocycles. The van der Waals surface area contributed by atoms with Gasteiger partial charge in [-0.15, -0.1) is 0 Å². The largest absolute Gasteiger partial charge is 0.370 e. The molecule has 0 aliphatic heterocycles. The minimum Gasteiger partial charge on any atom is -0.370 e. The number of sulfonamides is 2. The summed E-state index contributed by atoms with van der Waals surface area (Å²) in [6.45, 7) is 14.7. The molecule has 0 saturated carbocycles. The maximum Gasteiger partial charge on any atom is 0.234 e. The molecule has 84 heavy (non-hydrogen) atoms. The van der Waals surface area contributed by atoms with E-state index < -0.39 is 72.4 Å². The van der Waals surface area contributed by atoms with Crippen LogP contribution in [0, 0.1) is 13.8 Å². The number of hydrogen-bond acceptors (Lipinski definition) is 10. The van der Waals surface area contributed by atoms with Gasteiger partial charge in [0.05, 0.1) is 11.5 Å². The predicted octanol–water partition coefficient (Wildman–Crippen LogP) is 11.0. The van der Waals surface area contributed by atoms with E-state index in [-0.39, 0.29) is 56.2 Å². The van der Waals surface area contributed by atoms with Crippen LogP contribution in [-0.4, -0.2) is 122 Å². The Labute approximate surface area is 501 Å². The van der Waals surface area contributed by atoms with Crippen LogP contribution in [0.5, 0.6) is 0 Å². The zero-order valence-corrected chi connectivity index (χ0v) is 52.8. The second kappa shape index (κ2) is 24.7. The molecule has 16 nitrogen and oxygen atoms in total. The second-order valence-corrected chi connectivity index (χ2v) is 30.0. The van der Waals surface area contributed by atoms with E-state index in [4.69, 9.17) is 18.9 Å². The SMILES string of the molecule is CNS(=O)(=O)CCCOC1c2cc(C)ccc2-c2cc3c(cc2C1OCCCN(C)S(=O)O)-c1ccc(-c2ccc4c(c2)C(OCCCS(=O)(=O)NC)C(OCCCN(C)S(=O)O)c2cc5c(cc2-4)C(C)(C)c2cc(C)ccc2-5)cc1C3(C)C. The lowest BCUT2D eigenvalue weighted by Crippen LogP contribution is -2.27. The van der Waals surface area contributed by atoms with Crippen molar-refractivity contribution in [2.45, 2.75) is 102 Å². The summed E-state index contributed by atoms with van der Waals surface area (Å²) in [7, 11) is -0.983. The zero-order valence-electron chi connectivity index (χ0n) is 49.5. The minimum absolute atomic E-state index is 0.0920. The van der Waals surface area contributed by atoms with E-state index >= 15 is 0 Å². The molecule has 4 aliphatic rings. The first-order valence-electron chi connectivity index (χ1n) is 28.7. The molecule has 0 saturated heterocycles. The molecular formula is C64H78N4O12S4. The summed E-state index contributed by atoms with van der Waals surface area (Å²) >= 11 is -4.26. The van der Waals surface area contributed by atoms with E-state index in [1.165, 1.54) is 45.0 Å². The van der Waals surface area contributed by atoms with E-state index in [9.17, 15) is 34.4 Å². The third-order valence-corrected chi connectivity index (χ3v) is 21.8. The van der Waals surface area contributed by atoms with Gasteiger partial charge in [-0.25, -0.2) is 43.3 Å². The Morgan fingerprint density at radius 1 is 0.452 bits per heavy atom. The van der Waals surface area contributed by atoms with Gasteiger partial charge in [-0.3, -0.25) is 9.11 Å². The Hall–Kier alpha value is -4.88. The highest BCUT2D eigenvalue weighted by molar-refractivity contribution is 7.89. The van der Waals surface area contributed by atoms with Crippen LogP contribution in [0.4, 0.5) is 0 Å². The normalized spacial score (nSPS) is 19.5. The van der Waals surface area contributed by atoms with E-state index in [0.29, 0.717) is 25.9 Å². The average Bonchev–Trinajstić information content (AvgIpc) is 1.51. The van der Waals surface area contributed by atoms with E-state index in [0.717, 1.165) is 89.0 Å². The molecule has 4 N–H and O–H groups in total. The highest BCUT2D eigenvalue weighted by Crippen LogP contribution is 2.58. The second-order valence-electron chi connectivity index (χ2n) is 23.7. The standard InChI is InChI=1S/C64H78N4O12S4/c1-39-15-19-43-47-37-58-50(36-53(47)61(77-25-11-23-67(9)81(69)70)59(51(43)31-39)79-27-13-29-83(73,74)65-7)46-22-18-42(34-56(46)64(58,5)6)41-17-21-44-48-38-57-49(45-20-16-40(2)32-55(45)63(57,3)4)35-54(48)62(78-26-12-24-68(10)82(71)72)60(52(44)33-41)80-28-14-30-84(75,76)66-8/h15-22,31-38,59-62,65-66H,11-14,23-30H2,1-10H3,(H,69,70)(H,71,72). The van der Waals surface area contributed by atoms with Crippen LogP contribution >= 0.6 is 0 Å². The molecule has 450 valence electrons. The lowest BCUT2D eigenvalue weighted by atomic mass is 9.75. The Kier molecular flexibility index (Phi) is 18.3. The molecule has 4 aliphatic carbocycles. The molecule has 0 spiro atoms. The number of nitrogens with one attached hydrogen (secondary N) is 2. The summed E-state index contributed by atoms with van der Waals surface area (Å²) in [5.41, 5.74) is 20.5. The van der Waals surface area contributed by atoms with Crippen molar-refractivity contribution in [2.75, 3.05) is 79.2 Å². The van der Waals surface area contributed by atoms with Gasteiger partial charge in [0.25, 0.3) is 0 Å². The van der Waals surface area contributed by atoms with Crippen molar-refractivity contribution in [2.24, 2.45) is 0 Å². The van der Waals surface area contributed by atoms with E-state index in [1.807, 2.05) is 6.92 Å². The number of nitrogens with zero attached hydrogens (tertiary/aromatic N) is 2. The number of aryl methyl sites for hydroxylation is 2. The fourth-order valence-electron chi connectivity index (χ4n) is 12.8. The first-order chi connectivity index (χ1) is 39.8. The Morgan fingerprint density at radius 2 is 0.798 bits per heavy atom. The summed E-state index contributed by atoms with van der Waals surface area (Å²) in [5, 5.41) is 0. The number of benzene rings is 6. The quantitative estimate of drug-likeness (QED) is 0.0312. The van der Waals surface area contributed by atoms with Crippen molar-refractivity contribution >= 4 is 42.6 Å². The van der Waals surface area contributed by atoms with Gasteiger partial charge in [-0.05, 0) is 190 Å². The summed E-state index contributed by atoms with van der Waals surface area (Å²) in [6.07, 6.45) is -0.978. The molecule has 0 amide bonds. The van der Waals surface area contributed by atoms with Gasteiger partial charge in [0.1, 0.15) is 24.4 Å². The molecule has 6 aromatic rings. The first kappa shape index (κ1) is 62.2. The van der Waals surface area contributed by atoms with Gasteiger partial charge >= 0.3 is 0 Å². The lowest BCUT2D eigenvalue weighted by Gasteiger charge is -2.37. The van der Waals surface area contributed by atoms with Crippen LogP contribution in [-0.2, 0) is 72.4 Å². The number of hydrogen-bond donors (Lipinski definition) is 4. The van der Waals surface area contributed by atoms with Crippen molar-refractivity contribution in [1.82, 2.24) is 18.1 Å². The summed E-state index contributed by atoms with van der Waals surface area (Å²) in [5.74, 6) is -0.205. The Bertz CT molecular complexity index is 3790. The molecule has 10 rings (SSSR count). The van der Waals surface area contributed by atoms with Crippen LogP contribution in [0.1, 0.15) is 133 Å². The minimum atomic E-state index is -3.51. The van der Waals surface area contributed by atoms with Crippen molar-refractivity contribution in [1.29, 1.82) is 0 Å². The third-order valence-electron chi connectivity index (χ3n) is 17.5. The smallest absolute Gasteiger partial charge is 0.234 e. The van der Waals surface area contributed by atoms with Gasteiger partial charge in [0, 0.05) is 64.4 Å². The summed E-state index contributed by atoms with van der Waals surface area (Å²) in [6, 6.07) is 35.3. The van der Waals surface area contributed by atoms with Crippen molar-refractivity contribution in [3.8, 4) is 55.6 Å². The molecule has 0 radical (unpaired) electrons. The maximum atomic E-state index is 12.7. The highest BCUT2D eigenvalue weighted by atomic mass is 32.2. The summed E-state index contributed by atoms with van der Waals surface area (Å²) < 4.78 is 128. The third kappa shape index (κ3) is 12.2. The average molecular weight is 1220 g/mol. The topological polar surface area (TPSA) is 210 Å². The molecule has 0 heterocycles. The zero-order chi connectivity index (χ0) is 60.2. The van der Waals surface area contributed by atoms with Crippen LogP contribution in [0.15, 0.2) is 97.1 Å². The first-order valence-corrected chi connectivity index (χ1v) is 34.1. The van der Waals surface area contributed by atoms with Crippen molar-refractivity contribution in [3.63, 3.8) is 0 Å². The van der Waals surface area contributed by atoms with E-state index in [1.54, 1.807) is 14.1 Å². The lowest BCUT2D eigenvalue weighted by molar-refractivity contribution is -0.0798.